The molecule has 2 rings (SSSR count). The average Bonchev–Trinajstić information content (AvgIpc) is 2.55. The molecule has 118 valence electrons. The van der Waals surface area contributed by atoms with Crippen molar-refractivity contribution in [3.05, 3.63) is 66.2 Å². The SMILES string of the molecule is NCCN(Cc1ccccc1)C[C@@H](O)COc1ccccc1. The van der Waals surface area contributed by atoms with Gasteiger partial charge in [0.15, 0.2) is 0 Å². The molecule has 0 aliphatic carbocycles. The van der Waals surface area contributed by atoms with E-state index >= 15 is 0 Å². The number of aliphatic hydroxyl groups excluding tert-OH is 1. The maximum atomic E-state index is 10.2. The number of rotatable bonds is 9. The zero-order chi connectivity index (χ0) is 15.6. The Kier molecular flexibility index (Phi) is 6.90. The van der Waals surface area contributed by atoms with Crippen molar-refractivity contribution < 1.29 is 9.84 Å². The van der Waals surface area contributed by atoms with Crippen LogP contribution in [0, 0.1) is 0 Å². The molecule has 4 heteroatoms. The predicted octanol–water partition coefficient (Wildman–Crippen LogP) is 1.89. The molecule has 0 amide bonds. The topological polar surface area (TPSA) is 58.7 Å². The lowest BCUT2D eigenvalue weighted by atomic mass is 10.2. The smallest absolute Gasteiger partial charge is 0.119 e. The van der Waals surface area contributed by atoms with Gasteiger partial charge < -0.3 is 15.6 Å². The molecule has 2 aromatic carbocycles. The molecule has 0 heterocycles. The van der Waals surface area contributed by atoms with Crippen LogP contribution >= 0.6 is 0 Å². The molecular weight excluding hydrogens is 276 g/mol. The molecule has 0 aliphatic heterocycles. The summed E-state index contributed by atoms with van der Waals surface area (Å²) in [6, 6.07) is 19.7. The number of para-hydroxylation sites is 1. The summed E-state index contributed by atoms with van der Waals surface area (Å²) < 4.78 is 5.59. The lowest BCUT2D eigenvalue weighted by Gasteiger charge is -2.24. The predicted molar refractivity (Wildman–Crippen MR) is 88.7 cm³/mol. The molecule has 2 aromatic rings. The molecule has 0 bridgehead atoms. The monoisotopic (exact) mass is 300 g/mol. The van der Waals surface area contributed by atoms with Crippen LogP contribution in [0.3, 0.4) is 0 Å². The molecule has 1 atom stereocenters. The van der Waals surface area contributed by atoms with Gasteiger partial charge in [-0.3, -0.25) is 4.90 Å². The zero-order valence-corrected chi connectivity index (χ0v) is 12.8. The van der Waals surface area contributed by atoms with Crippen LogP contribution in [0.4, 0.5) is 0 Å². The number of benzene rings is 2. The molecule has 0 aliphatic rings. The highest BCUT2D eigenvalue weighted by Gasteiger charge is 2.12. The number of aliphatic hydroxyl groups is 1. The van der Waals surface area contributed by atoms with Gasteiger partial charge in [-0.2, -0.15) is 0 Å². The van der Waals surface area contributed by atoms with Crippen molar-refractivity contribution in [3.63, 3.8) is 0 Å². The fraction of sp³-hybridized carbons (Fsp3) is 0.333. The highest BCUT2D eigenvalue weighted by molar-refractivity contribution is 5.20. The second-order valence-electron chi connectivity index (χ2n) is 5.29. The van der Waals surface area contributed by atoms with Gasteiger partial charge in [0, 0.05) is 26.2 Å². The minimum absolute atomic E-state index is 0.278. The summed E-state index contributed by atoms with van der Waals surface area (Å²) in [6.07, 6.45) is -0.546. The highest BCUT2D eigenvalue weighted by Crippen LogP contribution is 2.09. The standard InChI is InChI=1S/C18H24N2O2/c19-11-12-20(13-16-7-3-1-4-8-16)14-17(21)15-22-18-9-5-2-6-10-18/h1-10,17,21H,11-15,19H2/t17-/m1/s1. The molecule has 22 heavy (non-hydrogen) atoms. The number of hydrogen-bond donors (Lipinski definition) is 2. The van der Waals surface area contributed by atoms with E-state index in [-0.39, 0.29) is 6.61 Å². The maximum absolute atomic E-state index is 10.2. The molecule has 3 N–H and O–H groups in total. The van der Waals surface area contributed by atoms with Crippen LogP contribution < -0.4 is 10.5 Å². The van der Waals surface area contributed by atoms with E-state index in [9.17, 15) is 5.11 Å². The summed E-state index contributed by atoms with van der Waals surface area (Å²) >= 11 is 0. The largest absolute Gasteiger partial charge is 0.491 e. The molecule has 4 nitrogen and oxygen atoms in total. The van der Waals surface area contributed by atoms with Crippen LogP contribution in [0.15, 0.2) is 60.7 Å². The fourth-order valence-corrected chi connectivity index (χ4v) is 2.32. The Labute approximate surface area is 132 Å². The minimum Gasteiger partial charge on any atom is -0.491 e. The zero-order valence-electron chi connectivity index (χ0n) is 12.8. The van der Waals surface area contributed by atoms with E-state index < -0.39 is 6.10 Å². The van der Waals surface area contributed by atoms with E-state index in [4.69, 9.17) is 10.5 Å². The Morgan fingerprint density at radius 2 is 1.64 bits per heavy atom. The van der Waals surface area contributed by atoms with E-state index in [0.717, 1.165) is 18.8 Å². The van der Waals surface area contributed by atoms with Gasteiger partial charge in [-0.15, -0.1) is 0 Å². The normalized spacial score (nSPS) is 12.3. The molecule has 0 spiro atoms. The quantitative estimate of drug-likeness (QED) is 0.742. The van der Waals surface area contributed by atoms with Crippen LogP contribution in [-0.2, 0) is 6.54 Å². The van der Waals surface area contributed by atoms with Crippen molar-refractivity contribution in [2.24, 2.45) is 5.73 Å². The summed E-state index contributed by atoms with van der Waals surface area (Å²) in [6.45, 7) is 2.91. The van der Waals surface area contributed by atoms with E-state index in [2.05, 4.69) is 17.0 Å². The van der Waals surface area contributed by atoms with Gasteiger partial charge >= 0.3 is 0 Å². The van der Waals surface area contributed by atoms with Gasteiger partial charge in [-0.1, -0.05) is 48.5 Å². The Bertz CT molecular complexity index is 519. The van der Waals surface area contributed by atoms with E-state index in [1.165, 1.54) is 5.56 Å². The van der Waals surface area contributed by atoms with Crippen LogP contribution in [0.25, 0.3) is 0 Å². The Morgan fingerprint density at radius 3 is 2.27 bits per heavy atom. The van der Waals surface area contributed by atoms with Crippen LogP contribution in [0.2, 0.25) is 0 Å². The van der Waals surface area contributed by atoms with Gasteiger partial charge in [0.2, 0.25) is 0 Å². The third kappa shape index (κ3) is 5.85. The fourth-order valence-electron chi connectivity index (χ4n) is 2.32. The average molecular weight is 300 g/mol. The van der Waals surface area contributed by atoms with Crippen LogP contribution in [-0.4, -0.2) is 42.4 Å². The first-order valence-corrected chi connectivity index (χ1v) is 7.60. The summed E-state index contributed by atoms with van der Waals surface area (Å²) in [7, 11) is 0. The summed E-state index contributed by atoms with van der Waals surface area (Å²) in [5.41, 5.74) is 6.88. The summed E-state index contributed by atoms with van der Waals surface area (Å²) in [4.78, 5) is 2.15. The van der Waals surface area contributed by atoms with Crippen molar-refractivity contribution in [2.75, 3.05) is 26.2 Å². The Hall–Kier alpha value is -1.88. The molecule has 0 saturated carbocycles. The molecule has 0 fully saturated rings. The lowest BCUT2D eigenvalue weighted by Crippen LogP contribution is -2.38. The molecule has 0 aromatic heterocycles. The van der Waals surface area contributed by atoms with Crippen molar-refractivity contribution in [3.8, 4) is 5.75 Å². The van der Waals surface area contributed by atoms with Gasteiger partial charge in [0.1, 0.15) is 18.5 Å². The number of ether oxygens (including phenoxy) is 1. The van der Waals surface area contributed by atoms with Crippen LogP contribution in [0.5, 0.6) is 5.75 Å². The second-order valence-corrected chi connectivity index (χ2v) is 5.29. The van der Waals surface area contributed by atoms with Crippen molar-refractivity contribution in [2.45, 2.75) is 12.6 Å². The van der Waals surface area contributed by atoms with E-state index in [1.54, 1.807) is 0 Å². The summed E-state index contributed by atoms with van der Waals surface area (Å²) in [5.74, 6) is 0.773. The third-order valence-electron chi connectivity index (χ3n) is 3.35. The first kappa shape index (κ1) is 16.5. The van der Waals surface area contributed by atoms with Crippen molar-refractivity contribution >= 4 is 0 Å². The molecule has 0 radical (unpaired) electrons. The minimum atomic E-state index is -0.546. The van der Waals surface area contributed by atoms with Crippen LogP contribution in [0.1, 0.15) is 5.56 Å². The lowest BCUT2D eigenvalue weighted by molar-refractivity contribution is 0.0666. The van der Waals surface area contributed by atoms with Crippen molar-refractivity contribution in [1.82, 2.24) is 4.90 Å². The Balaban J connectivity index is 1.81. The first-order chi connectivity index (χ1) is 10.8. The summed E-state index contributed by atoms with van der Waals surface area (Å²) in [5, 5.41) is 10.2. The number of hydrogen-bond acceptors (Lipinski definition) is 4. The number of nitrogens with two attached hydrogens (primary N) is 1. The van der Waals surface area contributed by atoms with E-state index in [0.29, 0.717) is 13.1 Å². The maximum Gasteiger partial charge on any atom is 0.119 e. The molecular formula is C18H24N2O2. The number of nitrogens with zero attached hydrogens (tertiary/aromatic N) is 1. The van der Waals surface area contributed by atoms with Crippen molar-refractivity contribution in [1.29, 1.82) is 0 Å². The second kappa shape index (κ2) is 9.20. The molecule has 0 saturated heterocycles. The Morgan fingerprint density at radius 1 is 1.00 bits per heavy atom. The third-order valence-corrected chi connectivity index (χ3v) is 3.35. The molecule has 0 unspecified atom stereocenters. The van der Waals surface area contributed by atoms with Gasteiger partial charge in [-0.05, 0) is 17.7 Å². The van der Waals surface area contributed by atoms with E-state index in [1.807, 2.05) is 48.5 Å². The first-order valence-electron chi connectivity index (χ1n) is 7.60. The van der Waals surface area contributed by atoms with Gasteiger partial charge in [0.05, 0.1) is 0 Å². The highest BCUT2D eigenvalue weighted by atomic mass is 16.5. The van der Waals surface area contributed by atoms with Gasteiger partial charge in [0.25, 0.3) is 0 Å². The van der Waals surface area contributed by atoms with Gasteiger partial charge in [-0.25, -0.2) is 0 Å².